The molecule has 5 heteroatoms. The first-order chi connectivity index (χ1) is 9.58. The minimum atomic E-state index is 0.0465. The Morgan fingerprint density at radius 3 is 2.95 bits per heavy atom. The summed E-state index contributed by atoms with van der Waals surface area (Å²) >= 11 is 8.21. The Morgan fingerprint density at radius 1 is 1.45 bits per heavy atom. The average Bonchev–Trinajstić information content (AvgIpc) is 2.89. The number of nitrogens with two attached hydrogens (primary N) is 1. The smallest absolute Gasteiger partial charge is 0.122 e. The lowest BCUT2D eigenvalue weighted by Crippen LogP contribution is -2.33. The number of benzene rings is 1. The number of rotatable bonds is 2. The number of nitrogens with one attached hydrogen (secondary N) is 1. The van der Waals surface area contributed by atoms with Crippen LogP contribution in [0, 0.1) is 5.41 Å². The number of anilines is 1. The molecule has 3 rings (SSSR count). The highest BCUT2D eigenvalue weighted by atomic mass is 35.5. The number of nitrogen functional groups attached to an aromatic ring is 1. The molecule has 0 amide bonds. The first-order valence-corrected chi connectivity index (χ1v) is 7.80. The van der Waals surface area contributed by atoms with Gasteiger partial charge in [-0.1, -0.05) is 11.6 Å². The summed E-state index contributed by atoms with van der Waals surface area (Å²) in [6.45, 7) is 3.17. The van der Waals surface area contributed by atoms with Gasteiger partial charge in [-0.05, 0) is 48.6 Å². The fourth-order valence-electron chi connectivity index (χ4n) is 2.75. The van der Waals surface area contributed by atoms with E-state index in [0.29, 0.717) is 16.6 Å². The molecule has 0 bridgehead atoms. The van der Waals surface area contributed by atoms with Crippen LogP contribution in [-0.2, 0) is 6.42 Å². The van der Waals surface area contributed by atoms with Gasteiger partial charge in [-0.25, -0.2) is 0 Å². The second-order valence-corrected chi connectivity index (χ2v) is 6.41. The number of thiophene rings is 1. The van der Waals surface area contributed by atoms with E-state index >= 15 is 0 Å². The standard InChI is InChI=1S/C15H16ClN3S/c1-9-11-5-7-20-14(11)4-6-19(9)13-3-2-10(15(17)18)8-12(13)16/h2-3,5,7-9H,4,6H2,1H3,(H3,17,18). The first kappa shape index (κ1) is 13.5. The molecule has 2 heterocycles. The van der Waals surface area contributed by atoms with Crippen molar-refractivity contribution in [1.82, 2.24) is 0 Å². The molecule has 3 nitrogen and oxygen atoms in total. The van der Waals surface area contributed by atoms with Crippen LogP contribution in [0.5, 0.6) is 0 Å². The maximum absolute atomic E-state index is 7.47. The molecule has 1 aromatic heterocycles. The zero-order valence-corrected chi connectivity index (χ0v) is 12.8. The SMILES string of the molecule is CC1c2ccsc2CCN1c1ccc(C(=N)N)cc1Cl. The Kier molecular flexibility index (Phi) is 3.44. The average molecular weight is 306 g/mol. The van der Waals surface area contributed by atoms with E-state index in [1.807, 2.05) is 23.5 Å². The number of hydrogen-bond acceptors (Lipinski definition) is 3. The van der Waals surface area contributed by atoms with Gasteiger partial charge in [0.15, 0.2) is 0 Å². The molecule has 0 spiro atoms. The lowest BCUT2D eigenvalue weighted by atomic mass is 10.0. The van der Waals surface area contributed by atoms with Gasteiger partial charge < -0.3 is 10.6 Å². The van der Waals surface area contributed by atoms with E-state index in [1.54, 1.807) is 6.07 Å². The molecular weight excluding hydrogens is 290 g/mol. The van der Waals surface area contributed by atoms with Crippen molar-refractivity contribution in [2.75, 3.05) is 11.4 Å². The van der Waals surface area contributed by atoms with Gasteiger partial charge in [-0.15, -0.1) is 11.3 Å². The van der Waals surface area contributed by atoms with Crippen LogP contribution >= 0.6 is 22.9 Å². The molecule has 1 aliphatic rings. The van der Waals surface area contributed by atoms with Crippen LogP contribution in [0.3, 0.4) is 0 Å². The van der Waals surface area contributed by atoms with Gasteiger partial charge in [0.05, 0.1) is 16.8 Å². The molecule has 20 heavy (non-hydrogen) atoms. The first-order valence-electron chi connectivity index (χ1n) is 6.55. The topological polar surface area (TPSA) is 53.1 Å². The normalized spacial score (nSPS) is 17.9. The number of fused-ring (bicyclic) bond motifs is 1. The largest absolute Gasteiger partial charge is 0.384 e. The summed E-state index contributed by atoms with van der Waals surface area (Å²) in [4.78, 5) is 3.80. The Bertz CT molecular complexity index is 665. The molecule has 104 valence electrons. The van der Waals surface area contributed by atoms with Gasteiger partial charge in [0.25, 0.3) is 0 Å². The van der Waals surface area contributed by atoms with Crippen LogP contribution in [0.4, 0.5) is 5.69 Å². The fraction of sp³-hybridized carbons (Fsp3) is 0.267. The molecule has 1 aromatic carbocycles. The fourth-order valence-corrected chi connectivity index (χ4v) is 4.00. The highest BCUT2D eigenvalue weighted by Crippen LogP contribution is 2.38. The van der Waals surface area contributed by atoms with Gasteiger partial charge >= 0.3 is 0 Å². The third kappa shape index (κ3) is 2.19. The summed E-state index contributed by atoms with van der Waals surface area (Å²) in [7, 11) is 0. The van der Waals surface area contributed by atoms with E-state index in [1.165, 1.54) is 10.4 Å². The van der Waals surface area contributed by atoms with Crippen molar-refractivity contribution >= 4 is 34.5 Å². The van der Waals surface area contributed by atoms with Gasteiger partial charge in [0.1, 0.15) is 5.84 Å². The quantitative estimate of drug-likeness (QED) is 0.655. The van der Waals surface area contributed by atoms with E-state index in [-0.39, 0.29) is 5.84 Å². The summed E-state index contributed by atoms with van der Waals surface area (Å²) in [6, 6.07) is 8.13. The predicted octanol–water partition coefficient (Wildman–Crippen LogP) is 3.81. The Labute approximate surface area is 127 Å². The van der Waals surface area contributed by atoms with Gasteiger partial charge in [0.2, 0.25) is 0 Å². The number of halogens is 1. The maximum atomic E-state index is 7.47. The van der Waals surface area contributed by atoms with Crippen molar-refractivity contribution in [2.24, 2.45) is 5.73 Å². The zero-order valence-electron chi connectivity index (χ0n) is 11.2. The Balaban J connectivity index is 1.96. The predicted molar refractivity (Wildman–Crippen MR) is 86.3 cm³/mol. The highest BCUT2D eigenvalue weighted by Gasteiger charge is 2.26. The number of hydrogen-bond donors (Lipinski definition) is 2. The third-order valence-corrected chi connectivity index (χ3v) is 5.14. The van der Waals surface area contributed by atoms with Crippen LogP contribution in [-0.4, -0.2) is 12.4 Å². The third-order valence-electron chi connectivity index (χ3n) is 3.85. The van der Waals surface area contributed by atoms with Crippen molar-refractivity contribution in [1.29, 1.82) is 5.41 Å². The van der Waals surface area contributed by atoms with E-state index in [2.05, 4.69) is 23.3 Å². The van der Waals surface area contributed by atoms with E-state index in [9.17, 15) is 0 Å². The molecule has 0 fully saturated rings. The second kappa shape index (κ2) is 5.11. The van der Waals surface area contributed by atoms with Gasteiger partial charge in [-0.2, -0.15) is 0 Å². The van der Waals surface area contributed by atoms with E-state index in [4.69, 9.17) is 22.7 Å². The lowest BCUT2D eigenvalue weighted by molar-refractivity contribution is 0.633. The van der Waals surface area contributed by atoms with Gasteiger partial charge in [0, 0.05) is 17.0 Å². The summed E-state index contributed by atoms with van der Waals surface area (Å²) in [5.41, 5.74) is 8.58. The number of amidine groups is 1. The zero-order chi connectivity index (χ0) is 14.3. The molecule has 1 unspecified atom stereocenters. The Hall–Kier alpha value is -1.52. The lowest BCUT2D eigenvalue weighted by Gasteiger charge is -2.36. The van der Waals surface area contributed by atoms with Crippen molar-refractivity contribution in [3.63, 3.8) is 0 Å². The van der Waals surface area contributed by atoms with E-state index < -0.39 is 0 Å². The summed E-state index contributed by atoms with van der Waals surface area (Å²) in [5.74, 6) is 0.0465. The molecule has 3 N–H and O–H groups in total. The van der Waals surface area contributed by atoms with Crippen LogP contribution in [0.2, 0.25) is 5.02 Å². The molecular formula is C15H16ClN3S. The molecule has 1 aliphatic heterocycles. The summed E-state index contributed by atoms with van der Waals surface area (Å²) in [5, 5.41) is 10.3. The van der Waals surface area contributed by atoms with Crippen molar-refractivity contribution in [3.05, 3.63) is 50.7 Å². The highest BCUT2D eigenvalue weighted by molar-refractivity contribution is 7.10. The van der Waals surface area contributed by atoms with Crippen LogP contribution < -0.4 is 10.6 Å². The monoisotopic (exact) mass is 305 g/mol. The molecule has 2 aromatic rings. The van der Waals surface area contributed by atoms with Crippen molar-refractivity contribution < 1.29 is 0 Å². The number of nitrogens with zero attached hydrogens (tertiary/aromatic N) is 1. The van der Waals surface area contributed by atoms with Crippen LogP contribution in [0.15, 0.2) is 29.6 Å². The molecule has 0 aliphatic carbocycles. The minimum Gasteiger partial charge on any atom is -0.384 e. The maximum Gasteiger partial charge on any atom is 0.122 e. The van der Waals surface area contributed by atoms with Crippen molar-refractivity contribution in [2.45, 2.75) is 19.4 Å². The molecule has 1 atom stereocenters. The molecule has 0 saturated heterocycles. The summed E-state index contributed by atoms with van der Waals surface area (Å²) < 4.78 is 0. The second-order valence-electron chi connectivity index (χ2n) is 5.00. The van der Waals surface area contributed by atoms with E-state index in [0.717, 1.165) is 18.7 Å². The minimum absolute atomic E-state index is 0.0465. The summed E-state index contributed by atoms with van der Waals surface area (Å²) in [6.07, 6.45) is 1.06. The molecule has 0 radical (unpaired) electrons. The molecule has 0 saturated carbocycles. The van der Waals surface area contributed by atoms with Crippen molar-refractivity contribution in [3.8, 4) is 0 Å². The van der Waals surface area contributed by atoms with Crippen LogP contribution in [0.25, 0.3) is 0 Å². The van der Waals surface area contributed by atoms with Gasteiger partial charge in [-0.3, -0.25) is 5.41 Å². The Morgan fingerprint density at radius 2 is 2.25 bits per heavy atom. The van der Waals surface area contributed by atoms with Crippen LogP contribution in [0.1, 0.15) is 29.0 Å².